The van der Waals surface area contributed by atoms with E-state index in [2.05, 4.69) is 5.32 Å². The minimum absolute atomic E-state index is 0.0496. The Morgan fingerprint density at radius 1 is 1.24 bits per heavy atom. The molecule has 0 aromatic heterocycles. The molecule has 0 radical (unpaired) electrons. The van der Waals surface area contributed by atoms with Crippen LogP contribution in [0.4, 0.5) is 10.1 Å². The first kappa shape index (κ1) is 18.2. The summed E-state index contributed by atoms with van der Waals surface area (Å²) in [6.45, 7) is -0.548. The summed E-state index contributed by atoms with van der Waals surface area (Å²) in [6.07, 6.45) is 2.14. The van der Waals surface area contributed by atoms with Crippen LogP contribution in [0.3, 0.4) is 0 Å². The molecule has 0 saturated carbocycles. The summed E-state index contributed by atoms with van der Waals surface area (Å²) in [5.74, 6) is -2.01. The molecule has 0 atom stereocenters. The highest BCUT2D eigenvalue weighted by Gasteiger charge is 2.09. The van der Waals surface area contributed by atoms with E-state index < -0.39 is 24.3 Å². The third-order valence-electron chi connectivity index (χ3n) is 3.05. The van der Waals surface area contributed by atoms with Crippen LogP contribution in [0.1, 0.15) is 11.1 Å². The van der Waals surface area contributed by atoms with Crippen LogP contribution in [-0.2, 0) is 14.3 Å². The number of ether oxygens (including phenoxy) is 1. The number of carbonyl (C=O) groups excluding carboxylic acids is 2. The molecule has 0 aliphatic rings. The maximum atomic E-state index is 13.6. The van der Waals surface area contributed by atoms with Gasteiger partial charge in [0.25, 0.3) is 5.91 Å². The number of benzene rings is 2. The first-order chi connectivity index (χ1) is 12.0. The largest absolute Gasteiger partial charge is 0.452 e. The molecular formula is C18H12ClFN2O3. The Morgan fingerprint density at radius 3 is 2.72 bits per heavy atom. The van der Waals surface area contributed by atoms with Gasteiger partial charge >= 0.3 is 5.97 Å². The van der Waals surface area contributed by atoms with Crippen LogP contribution in [0, 0.1) is 17.1 Å². The summed E-state index contributed by atoms with van der Waals surface area (Å²) in [5, 5.41) is 11.5. The number of rotatable bonds is 5. The summed E-state index contributed by atoms with van der Waals surface area (Å²) in [6, 6.07) is 12.5. The van der Waals surface area contributed by atoms with Crippen molar-refractivity contribution in [3.05, 3.63) is 70.5 Å². The molecule has 0 unspecified atom stereocenters. The SMILES string of the molecule is N#Cc1ccccc1NC(=O)COC(=O)/C=C/c1c(F)cccc1Cl. The second-order valence-corrected chi connectivity index (χ2v) is 5.19. The number of carbonyl (C=O) groups is 2. The summed E-state index contributed by atoms with van der Waals surface area (Å²) in [7, 11) is 0. The molecular weight excluding hydrogens is 347 g/mol. The molecule has 7 heteroatoms. The average Bonchev–Trinajstić information content (AvgIpc) is 2.60. The van der Waals surface area contributed by atoms with Gasteiger partial charge < -0.3 is 10.1 Å². The van der Waals surface area contributed by atoms with Gasteiger partial charge in [0.05, 0.1) is 16.3 Å². The van der Waals surface area contributed by atoms with Crippen molar-refractivity contribution in [2.24, 2.45) is 0 Å². The van der Waals surface area contributed by atoms with E-state index in [-0.39, 0.29) is 16.1 Å². The summed E-state index contributed by atoms with van der Waals surface area (Å²) >= 11 is 5.83. The van der Waals surface area contributed by atoms with Gasteiger partial charge in [-0.25, -0.2) is 9.18 Å². The number of para-hydroxylation sites is 1. The third kappa shape index (κ3) is 5.16. The second-order valence-electron chi connectivity index (χ2n) is 4.78. The Labute approximate surface area is 148 Å². The van der Waals surface area contributed by atoms with Crippen LogP contribution in [0.15, 0.2) is 48.5 Å². The van der Waals surface area contributed by atoms with Gasteiger partial charge in [-0.05, 0) is 30.3 Å². The van der Waals surface area contributed by atoms with Crippen LogP contribution >= 0.6 is 11.6 Å². The van der Waals surface area contributed by atoms with Crippen LogP contribution in [-0.4, -0.2) is 18.5 Å². The average molecular weight is 359 g/mol. The highest BCUT2D eigenvalue weighted by molar-refractivity contribution is 6.32. The number of amides is 1. The molecule has 0 aliphatic heterocycles. The number of hydrogen-bond donors (Lipinski definition) is 1. The summed E-state index contributed by atoms with van der Waals surface area (Å²) in [5.41, 5.74) is 0.657. The molecule has 126 valence electrons. The normalized spacial score (nSPS) is 10.3. The number of esters is 1. The molecule has 0 aliphatic carbocycles. The second kappa shape index (κ2) is 8.62. The lowest BCUT2D eigenvalue weighted by atomic mass is 10.2. The van der Waals surface area contributed by atoms with E-state index in [1.54, 1.807) is 24.3 Å². The van der Waals surface area contributed by atoms with Crippen molar-refractivity contribution in [1.29, 1.82) is 5.26 Å². The zero-order chi connectivity index (χ0) is 18.2. The minimum atomic E-state index is -0.831. The van der Waals surface area contributed by atoms with E-state index in [4.69, 9.17) is 21.6 Å². The Bertz CT molecular complexity index is 855. The molecule has 2 aromatic carbocycles. The number of halogens is 2. The predicted molar refractivity (Wildman–Crippen MR) is 91.2 cm³/mol. The molecule has 25 heavy (non-hydrogen) atoms. The van der Waals surface area contributed by atoms with Gasteiger partial charge in [0.15, 0.2) is 6.61 Å². The quantitative estimate of drug-likeness (QED) is 0.655. The fourth-order valence-electron chi connectivity index (χ4n) is 1.88. The molecule has 1 N–H and O–H groups in total. The topological polar surface area (TPSA) is 79.2 Å². The van der Waals surface area contributed by atoms with Crippen molar-refractivity contribution in [1.82, 2.24) is 0 Å². The van der Waals surface area contributed by atoms with Crippen LogP contribution in [0.25, 0.3) is 6.08 Å². The first-order valence-electron chi connectivity index (χ1n) is 7.09. The number of nitrogens with one attached hydrogen (secondary N) is 1. The third-order valence-corrected chi connectivity index (χ3v) is 3.38. The van der Waals surface area contributed by atoms with Gasteiger partial charge in [-0.15, -0.1) is 0 Å². The van der Waals surface area contributed by atoms with Gasteiger partial charge in [0.2, 0.25) is 0 Å². The van der Waals surface area contributed by atoms with Crippen LogP contribution in [0.5, 0.6) is 0 Å². The lowest BCUT2D eigenvalue weighted by molar-refractivity contribution is -0.142. The highest BCUT2D eigenvalue weighted by Crippen LogP contribution is 2.20. The van der Waals surface area contributed by atoms with Gasteiger partial charge in [-0.1, -0.05) is 29.8 Å². The van der Waals surface area contributed by atoms with E-state index in [9.17, 15) is 14.0 Å². The summed E-state index contributed by atoms with van der Waals surface area (Å²) in [4.78, 5) is 23.4. The maximum Gasteiger partial charge on any atom is 0.331 e. The van der Waals surface area contributed by atoms with E-state index in [0.29, 0.717) is 5.69 Å². The van der Waals surface area contributed by atoms with Crippen molar-refractivity contribution >= 4 is 35.2 Å². The molecule has 0 saturated heterocycles. The number of nitrogens with zero attached hydrogens (tertiary/aromatic N) is 1. The zero-order valence-corrected chi connectivity index (χ0v) is 13.6. The zero-order valence-electron chi connectivity index (χ0n) is 12.8. The van der Waals surface area contributed by atoms with Crippen molar-refractivity contribution in [2.75, 3.05) is 11.9 Å². The van der Waals surface area contributed by atoms with Crippen molar-refractivity contribution in [2.45, 2.75) is 0 Å². The first-order valence-corrected chi connectivity index (χ1v) is 7.47. The lowest BCUT2D eigenvalue weighted by Gasteiger charge is -2.06. The Kier molecular flexibility index (Phi) is 6.26. The van der Waals surface area contributed by atoms with Gasteiger partial charge in [-0.2, -0.15) is 5.26 Å². The van der Waals surface area contributed by atoms with Gasteiger partial charge in [0.1, 0.15) is 11.9 Å². The standard InChI is InChI=1S/C18H12ClFN2O3/c19-14-5-3-6-15(20)13(14)8-9-18(24)25-11-17(23)22-16-7-2-1-4-12(16)10-21/h1-9H,11H2,(H,22,23)/b9-8+. The van der Waals surface area contributed by atoms with Crippen molar-refractivity contribution in [3.63, 3.8) is 0 Å². The Balaban J connectivity index is 1.91. The molecule has 0 bridgehead atoms. The molecule has 0 spiro atoms. The Morgan fingerprint density at radius 2 is 2.00 bits per heavy atom. The Hall–Kier alpha value is -3.17. The fourth-order valence-corrected chi connectivity index (χ4v) is 2.11. The number of nitriles is 1. The van der Waals surface area contributed by atoms with Crippen molar-refractivity contribution in [3.8, 4) is 6.07 Å². The van der Waals surface area contributed by atoms with E-state index in [1.807, 2.05) is 6.07 Å². The van der Waals surface area contributed by atoms with Gasteiger partial charge in [0, 0.05) is 11.6 Å². The smallest absolute Gasteiger partial charge is 0.331 e. The van der Waals surface area contributed by atoms with Crippen molar-refractivity contribution < 1.29 is 18.7 Å². The van der Waals surface area contributed by atoms with E-state index in [1.165, 1.54) is 24.3 Å². The summed E-state index contributed by atoms with van der Waals surface area (Å²) < 4.78 is 18.3. The monoisotopic (exact) mass is 358 g/mol. The highest BCUT2D eigenvalue weighted by atomic mass is 35.5. The molecule has 1 amide bonds. The molecule has 5 nitrogen and oxygen atoms in total. The van der Waals surface area contributed by atoms with E-state index >= 15 is 0 Å². The molecule has 0 fully saturated rings. The number of anilines is 1. The van der Waals surface area contributed by atoms with Crippen LogP contribution < -0.4 is 5.32 Å². The van der Waals surface area contributed by atoms with Crippen LogP contribution in [0.2, 0.25) is 5.02 Å². The molecule has 2 rings (SSSR count). The van der Waals surface area contributed by atoms with Gasteiger partial charge in [-0.3, -0.25) is 4.79 Å². The fraction of sp³-hybridized carbons (Fsp3) is 0.0556. The minimum Gasteiger partial charge on any atom is -0.452 e. The predicted octanol–water partition coefficient (Wildman–Crippen LogP) is 3.55. The lowest BCUT2D eigenvalue weighted by Crippen LogP contribution is -2.20. The molecule has 2 aromatic rings. The van der Waals surface area contributed by atoms with E-state index in [0.717, 1.165) is 6.08 Å². The molecule has 0 heterocycles. The number of hydrogen-bond acceptors (Lipinski definition) is 4. The maximum absolute atomic E-state index is 13.6.